The van der Waals surface area contributed by atoms with Crippen LogP contribution in [-0.2, 0) is 11.3 Å². The molecule has 90 valence electrons. The van der Waals surface area contributed by atoms with Gasteiger partial charge in [0.2, 0.25) is 0 Å². The number of rotatable bonds is 7. The zero-order chi connectivity index (χ0) is 10.9. The third kappa shape index (κ3) is 6.83. The second kappa shape index (κ2) is 9.64. The molecule has 0 bridgehead atoms. The lowest BCUT2D eigenvalue weighted by Gasteiger charge is -2.03. The van der Waals surface area contributed by atoms with E-state index >= 15 is 0 Å². The van der Waals surface area contributed by atoms with Gasteiger partial charge in [-0.05, 0) is 12.0 Å². The predicted molar refractivity (Wildman–Crippen MR) is 70.4 cm³/mol. The van der Waals surface area contributed by atoms with Crippen LogP contribution in [0.1, 0.15) is 18.4 Å². The summed E-state index contributed by atoms with van der Waals surface area (Å²) in [5.41, 5.74) is 1.20. The van der Waals surface area contributed by atoms with E-state index in [9.17, 15) is 4.79 Å². The van der Waals surface area contributed by atoms with E-state index in [4.69, 9.17) is 11.6 Å². The fraction of sp³-hybridized carbons (Fsp3) is 0.417. The molecule has 0 saturated heterocycles. The van der Waals surface area contributed by atoms with Gasteiger partial charge in [0.15, 0.2) is 0 Å². The molecular formula is C12H17Cl2NO. The summed E-state index contributed by atoms with van der Waals surface area (Å²) in [5.74, 6) is 0.788. The molecule has 16 heavy (non-hydrogen) atoms. The van der Waals surface area contributed by atoms with Crippen molar-refractivity contribution >= 4 is 29.8 Å². The summed E-state index contributed by atoms with van der Waals surface area (Å²) in [5, 5.41) is 3.12. The lowest BCUT2D eigenvalue weighted by Crippen LogP contribution is -2.22. The number of Topliss-reactive ketones (excluding diaryl/α,β-unsaturated/α-hetero) is 1. The summed E-state index contributed by atoms with van der Waals surface area (Å²) in [6.07, 6.45) is 1.35. The van der Waals surface area contributed by atoms with Crippen molar-refractivity contribution in [3.63, 3.8) is 0 Å². The quantitative estimate of drug-likeness (QED) is 0.765. The zero-order valence-electron chi connectivity index (χ0n) is 9.12. The molecule has 1 aromatic carbocycles. The molecule has 1 rings (SSSR count). The number of hydrogen-bond donors (Lipinski definition) is 1. The first-order valence-corrected chi connectivity index (χ1v) is 5.68. The van der Waals surface area contributed by atoms with Crippen LogP contribution in [0.15, 0.2) is 30.3 Å². The molecular weight excluding hydrogens is 245 g/mol. The van der Waals surface area contributed by atoms with Gasteiger partial charge in [-0.2, -0.15) is 0 Å². The lowest BCUT2D eigenvalue weighted by molar-refractivity contribution is -0.118. The fourth-order valence-corrected chi connectivity index (χ4v) is 1.43. The molecule has 0 radical (unpaired) electrons. The summed E-state index contributed by atoms with van der Waals surface area (Å²) in [6, 6.07) is 10.0. The van der Waals surface area contributed by atoms with Crippen LogP contribution in [0.3, 0.4) is 0 Å². The first-order chi connectivity index (χ1) is 7.33. The van der Waals surface area contributed by atoms with Crippen LogP contribution in [0.2, 0.25) is 0 Å². The monoisotopic (exact) mass is 261 g/mol. The van der Waals surface area contributed by atoms with E-state index < -0.39 is 0 Å². The third-order valence-corrected chi connectivity index (χ3v) is 2.35. The molecule has 0 amide bonds. The van der Waals surface area contributed by atoms with Crippen LogP contribution in [-0.4, -0.2) is 18.2 Å². The minimum atomic E-state index is 0. The summed E-state index contributed by atoms with van der Waals surface area (Å²) >= 11 is 5.50. The van der Waals surface area contributed by atoms with E-state index in [1.165, 1.54) is 5.56 Å². The van der Waals surface area contributed by atoms with Gasteiger partial charge in [-0.25, -0.2) is 0 Å². The van der Waals surface area contributed by atoms with E-state index in [1.54, 1.807) is 0 Å². The summed E-state index contributed by atoms with van der Waals surface area (Å²) < 4.78 is 0. The predicted octanol–water partition coefficient (Wildman–Crippen LogP) is 2.79. The first kappa shape index (κ1) is 15.4. The number of hydrogen-bond acceptors (Lipinski definition) is 2. The number of carbonyl (C=O) groups excluding carboxylic acids is 1. The third-order valence-electron chi connectivity index (χ3n) is 2.08. The van der Waals surface area contributed by atoms with Crippen molar-refractivity contribution in [1.82, 2.24) is 5.32 Å². The highest BCUT2D eigenvalue weighted by atomic mass is 35.5. The van der Waals surface area contributed by atoms with E-state index in [1.807, 2.05) is 30.3 Å². The van der Waals surface area contributed by atoms with Gasteiger partial charge in [0.05, 0.1) is 6.54 Å². The second-order valence-electron chi connectivity index (χ2n) is 3.42. The first-order valence-electron chi connectivity index (χ1n) is 5.15. The van der Waals surface area contributed by atoms with E-state index in [-0.39, 0.29) is 18.2 Å². The molecule has 0 unspecified atom stereocenters. The van der Waals surface area contributed by atoms with Crippen molar-refractivity contribution in [3.05, 3.63) is 35.9 Å². The molecule has 0 heterocycles. The zero-order valence-corrected chi connectivity index (χ0v) is 10.7. The molecule has 0 spiro atoms. The average molecular weight is 262 g/mol. The van der Waals surface area contributed by atoms with Crippen LogP contribution in [0.25, 0.3) is 0 Å². The Hall–Kier alpha value is -0.570. The average Bonchev–Trinajstić information content (AvgIpc) is 2.28. The maximum atomic E-state index is 11.3. The minimum Gasteiger partial charge on any atom is -0.306 e. The van der Waals surface area contributed by atoms with Gasteiger partial charge in [0.25, 0.3) is 0 Å². The summed E-state index contributed by atoms with van der Waals surface area (Å²) in [4.78, 5) is 11.3. The Morgan fingerprint density at radius 2 is 1.94 bits per heavy atom. The van der Waals surface area contributed by atoms with Crippen molar-refractivity contribution in [3.8, 4) is 0 Å². The minimum absolute atomic E-state index is 0. The second-order valence-corrected chi connectivity index (χ2v) is 3.80. The van der Waals surface area contributed by atoms with Crippen LogP contribution in [0.5, 0.6) is 0 Å². The number of halogens is 2. The lowest BCUT2D eigenvalue weighted by atomic mass is 10.2. The Morgan fingerprint density at radius 1 is 1.25 bits per heavy atom. The van der Waals surface area contributed by atoms with E-state index in [0.717, 1.165) is 13.0 Å². The number of nitrogens with one attached hydrogen (secondary N) is 1. The maximum Gasteiger partial charge on any atom is 0.146 e. The van der Waals surface area contributed by atoms with Gasteiger partial charge in [-0.15, -0.1) is 24.0 Å². The van der Waals surface area contributed by atoms with Gasteiger partial charge in [-0.3, -0.25) is 4.79 Å². The van der Waals surface area contributed by atoms with Gasteiger partial charge in [0, 0.05) is 18.8 Å². The smallest absolute Gasteiger partial charge is 0.146 e. The van der Waals surface area contributed by atoms with Crippen LogP contribution >= 0.6 is 24.0 Å². The molecule has 4 heteroatoms. The number of carbonyl (C=O) groups is 1. The van der Waals surface area contributed by atoms with Crippen LogP contribution < -0.4 is 5.32 Å². The normalized spacial score (nSPS) is 9.56. The van der Waals surface area contributed by atoms with E-state index in [2.05, 4.69) is 5.32 Å². The maximum absolute atomic E-state index is 11.3. The summed E-state index contributed by atoms with van der Waals surface area (Å²) in [7, 11) is 0. The molecule has 0 aliphatic heterocycles. The van der Waals surface area contributed by atoms with E-state index in [0.29, 0.717) is 18.8 Å². The highest BCUT2D eigenvalue weighted by Gasteiger charge is 2.00. The van der Waals surface area contributed by atoms with Gasteiger partial charge >= 0.3 is 0 Å². The van der Waals surface area contributed by atoms with Crippen molar-refractivity contribution in [1.29, 1.82) is 0 Å². The van der Waals surface area contributed by atoms with Gasteiger partial charge in [-0.1, -0.05) is 30.3 Å². The Balaban J connectivity index is 0.00000225. The highest BCUT2D eigenvalue weighted by Crippen LogP contribution is 1.97. The molecule has 1 N–H and O–H groups in total. The summed E-state index contributed by atoms with van der Waals surface area (Å²) in [6.45, 7) is 1.18. The Labute approximate surface area is 108 Å². The van der Waals surface area contributed by atoms with Crippen molar-refractivity contribution in [2.24, 2.45) is 0 Å². The van der Waals surface area contributed by atoms with Crippen LogP contribution in [0, 0.1) is 0 Å². The van der Waals surface area contributed by atoms with Crippen molar-refractivity contribution in [2.45, 2.75) is 19.4 Å². The molecule has 0 fully saturated rings. The SMILES string of the molecule is Cl.O=C(CCCCl)CNCc1ccccc1. The molecule has 1 aromatic rings. The number of benzene rings is 1. The topological polar surface area (TPSA) is 29.1 Å². The van der Waals surface area contributed by atoms with Crippen molar-refractivity contribution in [2.75, 3.05) is 12.4 Å². The molecule has 0 aromatic heterocycles. The number of alkyl halides is 1. The fourth-order valence-electron chi connectivity index (χ4n) is 1.29. The molecule has 0 saturated carbocycles. The molecule has 0 aliphatic rings. The highest BCUT2D eigenvalue weighted by molar-refractivity contribution is 6.17. The standard InChI is InChI=1S/C12H16ClNO.ClH/c13-8-4-7-12(15)10-14-9-11-5-2-1-3-6-11;/h1-3,5-6,14H,4,7-10H2;1H. The molecule has 2 nitrogen and oxygen atoms in total. The van der Waals surface area contributed by atoms with Gasteiger partial charge in [0.1, 0.15) is 5.78 Å². The molecule has 0 atom stereocenters. The number of ketones is 1. The Kier molecular flexibility index (Phi) is 9.30. The Bertz CT molecular complexity index is 290. The largest absolute Gasteiger partial charge is 0.306 e. The van der Waals surface area contributed by atoms with Crippen LogP contribution in [0.4, 0.5) is 0 Å². The van der Waals surface area contributed by atoms with Gasteiger partial charge < -0.3 is 5.32 Å². The molecule has 0 aliphatic carbocycles. The van der Waals surface area contributed by atoms with Crippen molar-refractivity contribution < 1.29 is 4.79 Å². The Morgan fingerprint density at radius 3 is 2.56 bits per heavy atom.